The third-order valence-corrected chi connectivity index (χ3v) is 6.24. The van der Waals surface area contributed by atoms with Gasteiger partial charge in [-0.3, -0.25) is 14.7 Å². The first-order chi connectivity index (χ1) is 15.2. The summed E-state index contributed by atoms with van der Waals surface area (Å²) >= 11 is 1.51. The van der Waals surface area contributed by atoms with Gasteiger partial charge in [-0.05, 0) is 47.9 Å². The van der Waals surface area contributed by atoms with E-state index in [4.69, 9.17) is 14.5 Å². The first-order valence-electron chi connectivity index (χ1n) is 10.2. The highest BCUT2D eigenvalue weighted by Crippen LogP contribution is 2.34. The summed E-state index contributed by atoms with van der Waals surface area (Å²) in [5.41, 5.74) is 3.04. The van der Waals surface area contributed by atoms with E-state index in [2.05, 4.69) is 24.0 Å². The summed E-state index contributed by atoms with van der Waals surface area (Å²) in [5.74, 6) is 1.04. The maximum atomic E-state index is 13.6. The summed E-state index contributed by atoms with van der Waals surface area (Å²) in [7, 11) is 0. The summed E-state index contributed by atoms with van der Waals surface area (Å²) in [4.78, 5) is 24.2. The number of aryl methyl sites for hydroxylation is 1. The number of amides is 1. The third kappa shape index (κ3) is 3.96. The molecule has 5 rings (SSSR count). The molecule has 0 N–H and O–H groups in total. The normalized spacial score (nSPS) is 15.1. The fraction of sp³-hybridized carbons (Fsp3) is 0.208. The quantitative estimate of drug-likeness (QED) is 0.461. The zero-order chi connectivity index (χ0) is 21.2. The molecule has 3 heterocycles. The van der Waals surface area contributed by atoms with Gasteiger partial charge in [0.25, 0.3) is 5.91 Å². The van der Waals surface area contributed by atoms with Gasteiger partial charge in [-0.25, -0.2) is 4.98 Å². The highest BCUT2D eigenvalue weighted by atomic mass is 32.1. The van der Waals surface area contributed by atoms with Crippen molar-refractivity contribution in [1.82, 2.24) is 9.97 Å². The Morgan fingerprint density at radius 2 is 2.00 bits per heavy atom. The molecule has 1 unspecified atom stereocenters. The van der Waals surface area contributed by atoms with Crippen molar-refractivity contribution in [3.8, 4) is 11.5 Å². The monoisotopic (exact) mass is 431 g/mol. The summed E-state index contributed by atoms with van der Waals surface area (Å²) in [6.07, 6.45) is 3.68. The summed E-state index contributed by atoms with van der Waals surface area (Å²) in [6, 6.07) is 17.4. The zero-order valence-corrected chi connectivity index (χ0v) is 17.8. The SMILES string of the molecule is CCc1ccc2nc(N(Cc3cccnc3)C(=O)C3COc4ccccc4O3)sc2c1. The first-order valence-corrected chi connectivity index (χ1v) is 11.0. The minimum absolute atomic E-state index is 0.157. The van der Waals surface area contributed by atoms with Crippen molar-refractivity contribution in [2.24, 2.45) is 0 Å². The number of benzene rings is 2. The number of thiazole rings is 1. The van der Waals surface area contributed by atoms with Gasteiger partial charge in [0.2, 0.25) is 6.10 Å². The molecule has 1 aliphatic heterocycles. The van der Waals surface area contributed by atoms with Crippen LogP contribution in [0.4, 0.5) is 5.13 Å². The van der Waals surface area contributed by atoms with E-state index in [1.807, 2.05) is 42.5 Å². The van der Waals surface area contributed by atoms with Crippen LogP contribution in [0.1, 0.15) is 18.1 Å². The molecule has 6 nitrogen and oxygen atoms in total. The van der Waals surface area contributed by atoms with Gasteiger partial charge in [-0.2, -0.15) is 0 Å². The molecule has 2 aromatic heterocycles. The van der Waals surface area contributed by atoms with Gasteiger partial charge in [0, 0.05) is 12.4 Å². The number of carbonyl (C=O) groups excluding carboxylic acids is 1. The molecule has 156 valence electrons. The van der Waals surface area contributed by atoms with Gasteiger partial charge >= 0.3 is 0 Å². The molecule has 0 radical (unpaired) electrons. The lowest BCUT2D eigenvalue weighted by Gasteiger charge is -2.29. The lowest BCUT2D eigenvalue weighted by molar-refractivity contribution is -0.127. The van der Waals surface area contributed by atoms with Crippen molar-refractivity contribution in [3.63, 3.8) is 0 Å². The number of aromatic nitrogens is 2. The number of para-hydroxylation sites is 2. The van der Waals surface area contributed by atoms with Crippen LogP contribution >= 0.6 is 11.3 Å². The van der Waals surface area contributed by atoms with Crippen molar-refractivity contribution < 1.29 is 14.3 Å². The molecule has 0 saturated heterocycles. The highest BCUT2D eigenvalue weighted by molar-refractivity contribution is 7.22. The van der Waals surface area contributed by atoms with E-state index in [1.165, 1.54) is 16.9 Å². The fourth-order valence-corrected chi connectivity index (χ4v) is 4.56. The molecule has 0 aliphatic carbocycles. The first kappa shape index (κ1) is 19.5. The molecule has 31 heavy (non-hydrogen) atoms. The second-order valence-electron chi connectivity index (χ2n) is 7.30. The number of pyridine rings is 1. The van der Waals surface area contributed by atoms with E-state index in [0.717, 1.165) is 22.2 Å². The van der Waals surface area contributed by atoms with Crippen molar-refractivity contribution in [3.05, 3.63) is 78.1 Å². The van der Waals surface area contributed by atoms with Crippen molar-refractivity contribution >= 4 is 32.6 Å². The van der Waals surface area contributed by atoms with E-state index >= 15 is 0 Å². The van der Waals surface area contributed by atoms with Gasteiger partial charge in [0.05, 0.1) is 16.8 Å². The van der Waals surface area contributed by atoms with Crippen molar-refractivity contribution in [1.29, 1.82) is 0 Å². The number of hydrogen-bond acceptors (Lipinski definition) is 6. The largest absolute Gasteiger partial charge is 0.485 e. The van der Waals surface area contributed by atoms with Crippen LogP contribution in [-0.4, -0.2) is 28.6 Å². The molecule has 1 aliphatic rings. The van der Waals surface area contributed by atoms with Crippen LogP contribution in [0.25, 0.3) is 10.2 Å². The maximum Gasteiger partial charge on any atom is 0.273 e. The van der Waals surface area contributed by atoms with Gasteiger partial charge in [0.15, 0.2) is 16.6 Å². The Morgan fingerprint density at radius 3 is 2.81 bits per heavy atom. The highest BCUT2D eigenvalue weighted by Gasteiger charge is 2.33. The average molecular weight is 432 g/mol. The number of carbonyl (C=O) groups is 1. The molecule has 0 fully saturated rings. The Balaban J connectivity index is 1.49. The van der Waals surface area contributed by atoms with Gasteiger partial charge < -0.3 is 9.47 Å². The van der Waals surface area contributed by atoms with E-state index in [-0.39, 0.29) is 12.5 Å². The minimum atomic E-state index is -0.746. The Hall–Kier alpha value is -3.45. The lowest BCUT2D eigenvalue weighted by Crippen LogP contribution is -2.46. The summed E-state index contributed by atoms with van der Waals surface area (Å²) < 4.78 is 12.8. The topological polar surface area (TPSA) is 64.6 Å². The molecular weight excluding hydrogens is 410 g/mol. The Labute approximate surface area is 184 Å². The smallest absolute Gasteiger partial charge is 0.273 e. The van der Waals surface area contributed by atoms with Crippen LogP contribution in [0, 0.1) is 0 Å². The number of anilines is 1. The molecular formula is C24H21N3O3S. The summed E-state index contributed by atoms with van der Waals surface area (Å²) in [5, 5.41) is 0.638. The summed E-state index contributed by atoms with van der Waals surface area (Å²) in [6.45, 7) is 2.64. The number of nitrogens with zero attached hydrogens (tertiary/aromatic N) is 3. The molecule has 0 spiro atoms. The van der Waals surface area contributed by atoms with Crippen LogP contribution < -0.4 is 14.4 Å². The van der Waals surface area contributed by atoms with E-state index in [1.54, 1.807) is 17.3 Å². The molecule has 0 bridgehead atoms. The van der Waals surface area contributed by atoms with E-state index in [0.29, 0.717) is 23.2 Å². The Kier molecular flexibility index (Phi) is 5.26. The average Bonchev–Trinajstić information content (AvgIpc) is 3.25. The second-order valence-corrected chi connectivity index (χ2v) is 8.31. The van der Waals surface area contributed by atoms with Crippen molar-refractivity contribution in [2.45, 2.75) is 26.0 Å². The standard InChI is InChI=1S/C24H21N3O3S/c1-2-16-9-10-18-22(12-16)31-24(26-18)27(14-17-6-5-11-25-13-17)23(28)21-15-29-19-7-3-4-8-20(19)30-21/h3-13,21H,2,14-15H2,1H3. The van der Waals surface area contributed by atoms with Crippen LogP contribution in [0.5, 0.6) is 11.5 Å². The van der Waals surface area contributed by atoms with Gasteiger partial charge in [-0.15, -0.1) is 0 Å². The van der Waals surface area contributed by atoms with Crippen molar-refractivity contribution in [2.75, 3.05) is 11.5 Å². The molecule has 7 heteroatoms. The predicted octanol–water partition coefficient (Wildman–Crippen LogP) is 4.63. The van der Waals surface area contributed by atoms with E-state index in [9.17, 15) is 4.79 Å². The second kappa shape index (κ2) is 8.35. The predicted molar refractivity (Wildman–Crippen MR) is 121 cm³/mol. The van der Waals surface area contributed by atoms with E-state index < -0.39 is 6.10 Å². The molecule has 4 aromatic rings. The van der Waals surface area contributed by atoms with Crippen LogP contribution in [0.3, 0.4) is 0 Å². The zero-order valence-electron chi connectivity index (χ0n) is 17.0. The minimum Gasteiger partial charge on any atom is -0.485 e. The number of ether oxygens (including phenoxy) is 2. The Bertz CT molecular complexity index is 1230. The lowest BCUT2D eigenvalue weighted by atomic mass is 10.2. The third-order valence-electron chi connectivity index (χ3n) is 5.19. The number of hydrogen-bond donors (Lipinski definition) is 0. The van der Waals surface area contributed by atoms with Crippen LogP contribution in [-0.2, 0) is 17.8 Å². The molecule has 1 amide bonds. The maximum absolute atomic E-state index is 13.6. The molecule has 1 atom stereocenters. The van der Waals surface area contributed by atoms with Gasteiger partial charge in [-0.1, -0.05) is 42.5 Å². The molecule has 2 aromatic carbocycles. The fourth-order valence-electron chi connectivity index (χ4n) is 3.52. The van der Waals surface area contributed by atoms with Gasteiger partial charge in [0.1, 0.15) is 6.61 Å². The number of rotatable bonds is 5. The number of fused-ring (bicyclic) bond motifs is 2. The Morgan fingerprint density at radius 1 is 1.13 bits per heavy atom. The van der Waals surface area contributed by atoms with Crippen LogP contribution in [0.2, 0.25) is 0 Å². The molecule has 0 saturated carbocycles. The van der Waals surface area contributed by atoms with Crippen LogP contribution in [0.15, 0.2) is 67.0 Å².